The number of hydroxylamine groups is 2. The van der Waals surface area contributed by atoms with E-state index in [0.29, 0.717) is 19.6 Å². The lowest BCUT2D eigenvalue weighted by molar-refractivity contribution is -0.191. The van der Waals surface area contributed by atoms with Gasteiger partial charge in [-0.3, -0.25) is 4.84 Å². The Balaban J connectivity index is 1.56. The van der Waals surface area contributed by atoms with Crippen LogP contribution in [0.15, 0.2) is 60.7 Å². The van der Waals surface area contributed by atoms with Crippen molar-refractivity contribution in [3.63, 3.8) is 0 Å². The van der Waals surface area contributed by atoms with Crippen molar-refractivity contribution in [1.82, 2.24) is 5.06 Å². The van der Waals surface area contributed by atoms with Crippen LogP contribution in [0.5, 0.6) is 5.75 Å². The van der Waals surface area contributed by atoms with Crippen molar-refractivity contribution in [2.45, 2.75) is 25.5 Å². The molecule has 138 valence electrons. The second-order valence-corrected chi connectivity index (χ2v) is 8.27. The summed E-state index contributed by atoms with van der Waals surface area (Å²) in [7, 11) is 0. The number of halogens is 1. The molecule has 0 bridgehead atoms. The van der Waals surface area contributed by atoms with Crippen LogP contribution >= 0.6 is 18.2 Å². The zero-order valence-corrected chi connectivity index (χ0v) is 15.6. The van der Waals surface area contributed by atoms with Gasteiger partial charge >= 0.3 is 12.9 Å². The van der Waals surface area contributed by atoms with Gasteiger partial charge in [-0.05, 0) is 30.5 Å². The Morgan fingerprint density at radius 2 is 1.77 bits per heavy atom. The molecule has 0 amide bonds. The fourth-order valence-electron chi connectivity index (χ4n) is 2.66. The second-order valence-electron chi connectivity index (χ2n) is 5.80. The summed E-state index contributed by atoms with van der Waals surface area (Å²) >= 11 is 5.80. The Kier molecular flexibility index (Phi) is 6.33. The maximum Gasteiger partial charge on any atom is 0.532 e. The van der Waals surface area contributed by atoms with Crippen molar-refractivity contribution < 1.29 is 23.2 Å². The third kappa shape index (κ3) is 5.32. The maximum absolute atomic E-state index is 12.4. The number of hydrogen-bond donors (Lipinski definition) is 0. The lowest BCUT2D eigenvalue weighted by Crippen LogP contribution is -2.36. The number of para-hydroxylation sites is 1. The summed E-state index contributed by atoms with van der Waals surface area (Å²) in [5, 5.41) is 1.55. The van der Waals surface area contributed by atoms with E-state index in [2.05, 4.69) is 0 Å². The van der Waals surface area contributed by atoms with Crippen LogP contribution < -0.4 is 4.52 Å². The molecule has 0 spiro atoms. The average molecular weight is 396 g/mol. The molecule has 8 heteroatoms. The minimum absolute atomic E-state index is 0.266. The van der Waals surface area contributed by atoms with Crippen molar-refractivity contribution >= 4 is 24.2 Å². The molecule has 0 aromatic heterocycles. The van der Waals surface area contributed by atoms with Gasteiger partial charge in [-0.1, -0.05) is 48.5 Å². The number of rotatable bonds is 7. The molecule has 1 heterocycles. The summed E-state index contributed by atoms with van der Waals surface area (Å²) < 4.78 is 22.3. The third-order valence-electron chi connectivity index (χ3n) is 3.87. The highest BCUT2D eigenvalue weighted by atomic mass is 35.7. The molecule has 0 aliphatic carbocycles. The first-order chi connectivity index (χ1) is 12.5. The Morgan fingerprint density at radius 3 is 2.46 bits per heavy atom. The van der Waals surface area contributed by atoms with Gasteiger partial charge in [-0.2, -0.15) is 5.06 Å². The fourth-order valence-corrected chi connectivity index (χ4v) is 3.85. The van der Waals surface area contributed by atoms with Crippen LogP contribution in [0.25, 0.3) is 0 Å². The summed E-state index contributed by atoms with van der Waals surface area (Å²) in [5.41, 5.74) is 0.988. The molecule has 6 nitrogen and oxygen atoms in total. The number of hydrogen-bond acceptors (Lipinski definition) is 6. The van der Waals surface area contributed by atoms with Gasteiger partial charge in [0.1, 0.15) is 11.8 Å². The summed E-state index contributed by atoms with van der Waals surface area (Å²) in [6.07, 6.45) is 1.30. The number of nitrogens with zero attached hydrogens (tertiary/aromatic N) is 1. The fraction of sp³-hybridized carbons (Fsp3) is 0.278. The van der Waals surface area contributed by atoms with Crippen LogP contribution in [0.1, 0.15) is 18.4 Å². The minimum atomic E-state index is -4.09. The Labute approximate surface area is 156 Å². The molecule has 0 N–H and O–H groups in total. The van der Waals surface area contributed by atoms with E-state index in [4.69, 9.17) is 25.1 Å². The van der Waals surface area contributed by atoms with E-state index in [0.717, 1.165) is 12.0 Å². The highest BCUT2D eigenvalue weighted by Crippen LogP contribution is 2.53. The van der Waals surface area contributed by atoms with E-state index in [1.165, 1.54) is 0 Å². The first-order valence-corrected chi connectivity index (χ1v) is 10.7. The Hall–Kier alpha value is -1.85. The van der Waals surface area contributed by atoms with Crippen LogP contribution in [0.2, 0.25) is 0 Å². The zero-order chi connectivity index (χ0) is 18.4. The summed E-state index contributed by atoms with van der Waals surface area (Å²) in [4.78, 5) is 18.1. The van der Waals surface area contributed by atoms with E-state index < -0.39 is 19.0 Å². The number of carbonyl (C=O) groups is 1. The highest BCUT2D eigenvalue weighted by molar-refractivity contribution is 7.82. The molecule has 0 saturated carbocycles. The molecule has 2 aromatic carbocycles. The van der Waals surface area contributed by atoms with Gasteiger partial charge < -0.3 is 9.05 Å². The van der Waals surface area contributed by atoms with Crippen LogP contribution in [0.4, 0.5) is 0 Å². The van der Waals surface area contributed by atoms with Gasteiger partial charge in [0.05, 0.1) is 6.61 Å². The van der Waals surface area contributed by atoms with E-state index in [9.17, 15) is 9.36 Å². The molecule has 2 atom stereocenters. The molecule has 26 heavy (non-hydrogen) atoms. The molecule has 1 aliphatic heterocycles. The molecule has 1 saturated heterocycles. The van der Waals surface area contributed by atoms with E-state index in [1.54, 1.807) is 35.4 Å². The van der Waals surface area contributed by atoms with E-state index in [1.807, 2.05) is 30.3 Å². The highest BCUT2D eigenvalue weighted by Gasteiger charge is 2.38. The van der Waals surface area contributed by atoms with Gasteiger partial charge in [-0.25, -0.2) is 9.36 Å². The quantitative estimate of drug-likeness (QED) is 0.641. The van der Waals surface area contributed by atoms with Crippen LogP contribution in [0.3, 0.4) is 0 Å². The maximum atomic E-state index is 12.4. The smallest absolute Gasteiger partial charge is 0.405 e. The van der Waals surface area contributed by atoms with E-state index in [-0.39, 0.29) is 5.75 Å². The first-order valence-electron chi connectivity index (χ1n) is 8.25. The van der Waals surface area contributed by atoms with E-state index >= 15 is 0 Å². The van der Waals surface area contributed by atoms with Gasteiger partial charge in [0.2, 0.25) is 0 Å². The summed E-state index contributed by atoms with van der Waals surface area (Å²) in [5.74, 6) is -0.452. The lowest BCUT2D eigenvalue weighted by Gasteiger charge is -2.23. The van der Waals surface area contributed by atoms with Gasteiger partial charge in [-0.15, -0.1) is 0 Å². The van der Waals surface area contributed by atoms with Crippen molar-refractivity contribution in [2.24, 2.45) is 0 Å². The monoisotopic (exact) mass is 395 g/mol. The topological polar surface area (TPSA) is 65.1 Å². The normalized spacial score (nSPS) is 19.7. The molecule has 1 unspecified atom stereocenters. The molecule has 3 rings (SSSR count). The predicted octanol–water partition coefficient (Wildman–Crippen LogP) is 4.55. The lowest BCUT2D eigenvalue weighted by atomic mass is 10.2. The Bertz CT molecular complexity index is 774. The van der Waals surface area contributed by atoms with Crippen molar-refractivity contribution in [2.75, 3.05) is 6.54 Å². The van der Waals surface area contributed by atoms with Crippen LogP contribution in [-0.4, -0.2) is 23.6 Å². The first kappa shape index (κ1) is 18.9. The van der Waals surface area contributed by atoms with Gasteiger partial charge in [0.25, 0.3) is 0 Å². The summed E-state index contributed by atoms with van der Waals surface area (Å²) in [6, 6.07) is 17.3. The molecule has 1 fully saturated rings. The van der Waals surface area contributed by atoms with Crippen molar-refractivity contribution in [3.05, 3.63) is 66.2 Å². The predicted molar refractivity (Wildman–Crippen MR) is 97.6 cm³/mol. The zero-order valence-electron chi connectivity index (χ0n) is 14.0. The average Bonchev–Trinajstić information content (AvgIpc) is 3.10. The summed E-state index contributed by atoms with van der Waals surface area (Å²) in [6.45, 7) is -3.17. The van der Waals surface area contributed by atoms with Crippen molar-refractivity contribution in [1.29, 1.82) is 0 Å². The van der Waals surface area contributed by atoms with Crippen LogP contribution in [-0.2, 0) is 25.3 Å². The number of carbonyl (C=O) groups excluding carboxylic acids is 1. The molecular formula is C18H19ClNO5P. The SMILES string of the molecule is O=C(OP(=O)(Cl)Oc1ccccc1)[C@@H]1CCCN1OCc1ccccc1. The van der Waals surface area contributed by atoms with Crippen LogP contribution in [0, 0.1) is 0 Å². The molecule has 1 aliphatic rings. The van der Waals surface area contributed by atoms with Gasteiger partial charge in [0.15, 0.2) is 0 Å². The van der Waals surface area contributed by atoms with Gasteiger partial charge in [0, 0.05) is 17.8 Å². The molecule has 2 aromatic rings. The molecule has 0 radical (unpaired) electrons. The number of benzene rings is 2. The second kappa shape index (κ2) is 8.69. The standard InChI is InChI=1S/C18H19ClNO5P/c19-26(22,24-16-10-5-2-6-11-16)25-18(21)17-12-7-13-20(17)23-14-15-8-3-1-4-9-15/h1-6,8-11,17H,7,12-14H2/t17-,26?/m0/s1. The van der Waals surface area contributed by atoms with Crippen molar-refractivity contribution in [3.8, 4) is 5.75 Å². The third-order valence-corrected chi connectivity index (χ3v) is 5.11. The largest absolute Gasteiger partial charge is 0.532 e. The Morgan fingerprint density at radius 1 is 1.12 bits per heavy atom. The minimum Gasteiger partial charge on any atom is -0.405 e. The molecular weight excluding hydrogens is 377 g/mol.